The number of hydrogen-bond acceptors (Lipinski definition) is 3. The highest BCUT2D eigenvalue weighted by Crippen LogP contribution is 2.13. The molecule has 0 aromatic heterocycles. The van der Waals surface area contributed by atoms with E-state index in [1.807, 2.05) is 0 Å². The Hall–Kier alpha value is -1.43. The number of ether oxygens (including phenoxy) is 1. The Morgan fingerprint density at radius 3 is 2.78 bits per heavy atom. The van der Waals surface area contributed by atoms with Gasteiger partial charge >= 0.3 is 6.09 Å². The zero-order valence-corrected chi connectivity index (χ0v) is 11.9. The molecule has 98 valence electrons. The number of benzene rings is 1. The van der Waals surface area contributed by atoms with Crippen molar-refractivity contribution in [3.05, 3.63) is 34.1 Å². The fourth-order valence-electron chi connectivity index (χ4n) is 1.07. The third kappa shape index (κ3) is 5.27. The Kier molecular flexibility index (Phi) is 4.84. The van der Waals surface area contributed by atoms with Crippen molar-refractivity contribution < 1.29 is 13.9 Å². The van der Waals surface area contributed by atoms with Crippen molar-refractivity contribution in [3.63, 3.8) is 0 Å². The molecule has 0 unspecified atom stereocenters. The second kappa shape index (κ2) is 5.95. The summed E-state index contributed by atoms with van der Waals surface area (Å²) in [6.07, 6.45) is 0.526. The summed E-state index contributed by atoms with van der Waals surface area (Å²) in [7, 11) is 0. The Bertz CT molecular complexity index is 470. The maximum absolute atomic E-state index is 13.3. The Morgan fingerprint density at radius 2 is 2.17 bits per heavy atom. The Labute approximate surface area is 113 Å². The summed E-state index contributed by atoms with van der Waals surface area (Å²) < 4.78 is 19.0. The van der Waals surface area contributed by atoms with E-state index >= 15 is 0 Å². The predicted molar refractivity (Wildman–Crippen MR) is 71.1 cm³/mol. The molecule has 0 spiro atoms. The number of hydrogen-bond donors (Lipinski definition) is 1. The number of carbonyl (C=O) groups excluding carboxylic acids is 1. The van der Waals surface area contributed by atoms with Gasteiger partial charge in [0.05, 0.1) is 6.21 Å². The van der Waals surface area contributed by atoms with Gasteiger partial charge in [-0.25, -0.2) is 14.6 Å². The van der Waals surface area contributed by atoms with E-state index in [4.69, 9.17) is 4.74 Å². The fourth-order valence-corrected chi connectivity index (χ4v) is 1.45. The number of rotatable bonds is 2. The largest absolute Gasteiger partial charge is 0.443 e. The summed E-state index contributed by atoms with van der Waals surface area (Å²) in [4.78, 5) is 11.3. The predicted octanol–water partition coefficient (Wildman–Crippen LogP) is 3.45. The molecule has 0 bridgehead atoms. The molecule has 1 aromatic carbocycles. The van der Waals surface area contributed by atoms with Gasteiger partial charge in [0.2, 0.25) is 0 Å². The number of nitrogens with zero attached hydrogens (tertiary/aromatic N) is 1. The van der Waals surface area contributed by atoms with Gasteiger partial charge in [0.15, 0.2) is 0 Å². The van der Waals surface area contributed by atoms with Gasteiger partial charge in [-0.15, -0.1) is 0 Å². The van der Waals surface area contributed by atoms with Crippen LogP contribution in [0, 0.1) is 5.82 Å². The molecule has 0 fully saturated rings. The first-order chi connectivity index (χ1) is 8.28. The first-order valence-corrected chi connectivity index (χ1v) is 6.04. The van der Waals surface area contributed by atoms with E-state index in [0.29, 0.717) is 0 Å². The Balaban J connectivity index is 2.60. The summed E-state index contributed by atoms with van der Waals surface area (Å²) >= 11 is 3.22. The molecule has 0 heterocycles. The van der Waals surface area contributed by atoms with Crippen LogP contribution in [0.4, 0.5) is 9.18 Å². The molecule has 0 aliphatic carbocycles. The number of hydrazone groups is 1. The summed E-state index contributed by atoms with van der Waals surface area (Å²) in [5, 5.41) is 3.62. The molecule has 1 N–H and O–H groups in total. The fraction of sp³-hybridized carbons (Fsp3) is 0.333. The van der Waals surface area contributed by atoms with E-state index in [1.165, 1.54) is 12.3 Å². The van der Waals surface area contributed by atoms with Crippen LogP contribution in [0.1, 0.15) is 26.3 Å². The highest BCUT2D eigenvalue weighted by Gasteiger charge is 2.15. The molecule has 18 heavy (non-hydrogen) atoms. The quantitative estimate of drug-likeness (QED) is 0.671. The van der Waals surface area contributed by atoms with Crippen molar-refractivity contribution in [1.82, 2.24) is 5.43 Å². The van der Waals surface area contributed by atoms with Gasteiger partial charge < -0.3 is 4.74 Å². The SMILES string of the molecule is CC(C)(C)OC(=O)NN=Cc1cc(Br)ccc1F. The molecule has 1 aromatic rings. The highest BCUT2D eigenvalue weighted by atomic mass is 79.9. The van der Waals surface area contributed by atoms with Gasteiger partial charge in [-0.05, 0) is 39.0 Å². The lowest BCUT2D eigenvalue weighted by Gasteiger charge is -2.18. The lowest BCUT2D eigenvalue weighted by molar-refractivity contribution is 0.0529. The minimum Gasteiger partial charge on any atom is -0.443 e. The topological polar surface area (TPSA) is 50.7 Å². The average Bonchev–Trinajstić information content (AvgIpc) is 2.20. The van der Waals surface area contributed by atoms with Crippen LogP contribution in [-0.4, -0.2) is 17.9 Å². The highest BCUT2D eigenvalue weighted by molar-refractivity contribution is 9.10. The van der Waals surface area contributed by atoms with E-state index in [1.54, 1.807) is 32.9 Å². The molecule has 1 amide bonds. The monoisotopic (exact) mass is 316 g/mol. The number of amides is 1. The third-order valence-electron chi connectivity index (χ3n) is 1.72. The van der Waals surface area contributed by atoms with Gasteiger partial charge in [-0.1, -0.05) is 15.9 Å². The first-order valence-electron chi connectivity index (χ1n) is 5.25. The smallest absolute Gasteiger partial charge is 0.428 e. The molecule has 1 rings (SSSR count). The standard InChI is InChI=1S/C12H14BrFN2O2/c1-12(2,3)18-11(17)16-15-7-8-6-9(13)4-5-10(8)14/h4-7H,1-3H3,(H,16,17). The van der Waals surface area contributed by atoms with E-state index < -0.39 is 17.5 Å². The second-order valence-corrected chi connectivity index (χ2v) is 5.45. The summed E-state index contributed by atoms with van der Waals surface area (Å²) in [5.41, 5.74) is 1.83. The van der Waals surface area contributed by atoms with Gasteiger partial charge in [0.1, 0.15) is 11.4 Å². The lowest BCUT2D eigenvalue weighted by atomic mass is 10.2. The van der Waals surface area contributed by atoms with Gasteiger partial charge in [0.25, 0.3) is 0 Å². The van der Waals surface area contributed by atoms with E-state index in [0.717, 1.165) is 4.47 Å². The van der Waals surface area contributed by atoms with E-state index in [2.05, 4.69) is 26.5 Å². The molecule has 0 aliphatic heterocycles. The maximum atomic E-state index is 13.3. The summed E-state index contributed by atoms with van der Waals surface area (Å²) in [6.45, 7) is 5.22. The van der Waals surface area contributed by atoms with Crippen LogP contribution in [0.3, 0.4) is 0 Å². The van der Waals surface area contributed by atoms with Crippen LogP contribution in [0.2, 0.25) is 0 Å². The Morgan fingerprint density at radius 1 is 1.50 bits per heavy atom. The zero-order chi connectivity index (χ0) is 13.8. The van der Waals surface area contributed by atoms with E-state index in [-0.39, 0.29) is 5.56 Å². The van der Waals surface area contributed by atoms with Crippen LogP contribution in [0.5, 0.6) is 0 Å². The van der Waals surface area contributed by atoms with Crippen molar-refractivity contribution in [2.45, 2.75) is 26.4 Å². The first kappa shape index (κ1) is 14.6. The summed E-state index contributed by atoms with van der Waals surface area (Å²) in [6, 6.07) is 4.43. The lowest BCUT2D eigenvalue weighted by Crippen LogP contribution is -2.29. The number of nitrogens with one attached hydrogen (secondary N) is 1. The molecule has 4 nitrogen and oxygen atoms in total. The van der Waals surface area contributed by atoms with Crippen LogP contribution < -0.4 is 5.43 Å². The van der Waals surface area contributed by atoms with Crippen molar-refractivity contribution in [2.75, 3.05) is 0 Å². The second-order valence-electron chi connectivity index (χ2n) is 4.54. The van der Waals surface area contributed by atoms with Crippen LogP contribution >= 0.6 is 15.9 Å². The molecule has 0 aliphatic rings. The molecule has 0 radical (unpaired) electrons. The minimum atomic E-state index is -0.686. The van der Waals surface area contributed by atoms with E-state index in [9.17, 15) is 9.18 Å². The molecular weight excluding hydrogens is 303 g/mol. The third-order valence-corrected chi connectivity index (χ3v) is 2.21. The summed E-state index contributed by atoms with van der Waals surface area (Å²) in [5.74, 6) is -0.423. The molecule has 0 atom stereocenters. The van der Waals surface area contributed by atoms with Crippen molar-refractivity contribution >= 4 is 28.2 Å². The van der Waals surface area contributed by atoms with Gasteiger partial charge in [-0.3, -0.25) is 0 Å². The number of halogens is 2. The van der Waals surface area contributed by atoms with Crippen molar-refractivity contribution in [1.29, 1.82) is 0 Å². The normalized spacial score (nSPS) is 11.6. The maximum Gasteiger partial charge on any atom is 0.428 e. The van der Waals surface area contributed by atoms with Gasteiger partial charge in [0, 0.05) is 10.0 Å². The zero-order valence-electron chi connectivity index (χ0n) is 10.3. The molecular formula is C12H14BrFN2O2. The molecule has 0 saturated carbocycles. The van der Waals surface area contributed by atoms with Gasteiger partial charge in [-0.2, -0.15) is 5.10 Å². The number of carbonyl (C=O) groups is 1. The molecule has 0 saturated heterocycles. The van der Waals surface area contributed by atoms with Crippen LogP contribution in [0.25, 0.3) is 0 Å². The molecule has 6 heteroatoms. The minimum absolute atomic E-state index is 0.264. The van der Waals surface area contributed by atoms with Crippen molar-refractivity contribution in [3.8, 4) is 0 Å². The van der Waals surface area contributed by atoms with Crippen LogP contribution in [0.15, 0.2) is 27.8 Å². The van der Waals surface area contributed by atoms with Crippen molar-refractivity contribution in [2.24, 2.45) is 5.10 Å². The van der Waals surface area contributed by atoms with Crippen LogP contribution in [-0.2, 0) is 4.74 Å². The average molecular weight is 317 g/mol.